The SMILES string of the molecule is O=C(NCCn1ccc(C(=O)O)n1)OCc1ccccc1. The largest absolute Gasteiger partial charge is 0.476 e. The summed E-state index contributed by atoms with van der Waals surface area (Å²) in [6.07, 6.45) is 1.02. The highest BCUT2D eigenvalue weighted by Crippen LogP contribution is 2.00. The fourth-order valence-corrected chi connectivity index (χ4v) is 1.65. The van der Waals surface area contributed by atoms with Crippen LogP contribution in [0.4, 0.5) is 4.79 Å². The minimum absolute atomic E-state index is 0.0262. The van der Waals surface area contributed by atoms with Gasteiger partial charge in [0.25, 0.3) is 0 Å². The van der Waals surface area contributed by atoms with E-state index in [1.807, 2.05) is 30.3 Å². The van der Waals surface area contributed by atoms with E-state index < -0.39 is 12.1 Å². The number of alkyl carbamates (subject to hydrolysis) is 1. The summed E-state index contributed by atoms with van der Waals surface area (Å²) < 4.78 is 6.48. The zero-order chi connectivity index (χ0) is 15.1. The summed E-state index contributed by atoms with van der Waals surface area (Å²) in [4.78, 5) is 22.1. The molecule has 7 heteroatoms. The van der Waals surface area contributed by atoms with Gasteiger partial charge in [0, 0.05) is 12.7 Å². The summed E-state index contributed by atoms with van der Waals surface area (Å²) in [5, 5.41) is 15.1. The number of nitrogens with zero attached hydrogens (tertiary/aromatic N) is 2. The molecule has 0 spiro atoms. The van der Waals surface area contributed by atoms with E-state index in [9.17, 15) is 9.59 Å². The minimum Gasteiger partial charge on any atom is -0.476 e. The molecule has 2 N–H and O–H groups in total. The molecule has 0 radical (unpaired) electrons. The molecule has 0 fully saturated rings. The number of carbonyl (C=O) groups excluding carboxylic acids is 1. The summed E-state index contributed by atoms with van der Waals surface area (Å²) in [7, 11) is 0. The maximum absolute atomic E-state index is 11.5. The molecule has 1 heterocycles. The average Bonchev–Trinajstić information content (AvgIpc) is 2.95. The zero-order valence-electron chi connectivity index (χ0n) is 11.2. The predicted octanol–water partition coefficient (Wildman–Crippen LogP) is 1.51. The van der Waals surface area contributed by atoms with Crippen molar-refractivity contribution in [3.8, 4) is 0 Å². The molecule has 0 aliphatic heterocycles. The Labute approximate surface area is 121 Å². The van der Waals surface area contributed by atoms with Crippen molar-refractivity contribution in [2.45, 2.75) is 13.2 Å². The van der Waals surface area contributed by atoms with Crippen LogP contribution in [0.1, 0.15) is 16.1 Å². The number of hydrogen-bond acceptors (Lipinski definition) is 4. The first-order valence-corrected chi connectivity index (χ1v) is 6.36. The van der Waals surface area contributed by atoms with Crippen LogP contribution in [-0.2, 0) is 17.9 Å². The van der Waals surface area contributed by atoms with Crippen LogP contribution in [0, 0.1) is 0 Å². The zero-order valence-corrected chi connectivity index (χ0v) is 11.2. The van der Waals surface area contributed by atoms with E-state index in [2.05, 4.69) is 10.4 Å². The first-order chi connectivity index (χ1) is 10.1. The van der Waals surface area contributed by atoms with E-state index in [4.69, 9.17) is 9.84 Å². The van der Waals surface area contributed by atoms with Crippen molar-refractivity contribution in [3.63, 3.8) is 0 Å². The normalized spacial score (nSPS) is 10.1. The van der Waals surface area contributed by atoms with Crippen LogP contribution in [0.2, 0.25) is 0 Å². The first kappa shape index (κ1) is 14.6. The third-order valence-electron chi connectivity index (χ3n) is 2.68. The van der Waals surface area contributed by atoms with Gasteiger partial charge in [-0.05, 0) is 11.6 Å². The number of hydrogen-bond donors (Lipinski definition) is 2. The van der Waals surface area contributed by atoms with Crippen LogP contribution in [-0.4, -0.2) is 33.5 Å². The molecule has 21 heavy (non-hydrogen) atoms. The highest BCUT2D eigenvalue weighted by molar-refractivity contribution is 5.85. The summed E-state index contributed by atoms with van der Waals surface area (Å²) in [6.45, 7) is 0.875. The van der Waals surface area contributed by atoms with Crippen molar-refractivity contribution >= 4 is 12.1 Å². The lowest BCUT2D eigenvalue weighted by atomic mass is 10.2. The fourth-order valence-electron chi connectivity index (χ4n) is 1.65. The smallest absolute Gasteiger partial charge is 0.407 e. The molecule has 0 aliphatic carbocycles. The Kier molecular flexibility index (Phi) is 4.92. The number of nitrogens with one attached hydrogen (secondary N) is 1. The molecule has 2 rings (SSSR count). The van der Waals surface area contributed by atoms with Gasteiger partial charge in [0.05, 0.1) is 6.54 Å². The second-order valence-electron chi connectivity index (χ2n) is 4.26. The molecular weight excluding hydrogens is 274 g/mol. The molecule has 0 atom stereocenters. The van der Waals surface area contributed by atoms with Crippen molar-refractivity contribution in [1.29, 1.82) is 0 Å². The van der Waals surface area contributed by atoms with Crippen LogP contribution in [0.3, 0.4) is 0 Å². The summed E-state index contributed by atoms with van der Waals surface area (Å²) >= 11 is 0. The lowest BCUT2D eigenvalue weighted by Gasteiger charge is -2.07. The second kappa shape index (κ2) is 7.09. The number of aromatic carboxylic acids is 1. The van der Waals surface area contributed by atoms with Gasteiger partial charge in [-0.25, -0.2) is 9.59 Å². The second-order valence-corrected chi connectivity index (χ2v) is 4.26. The Morgan fingerprint density at radius 1 is 1.24 bits per heavy atom. The molecule has 1 aromatic heterocycles. The van der Waals surface area contributed by atoms with Crippen molar-refractivity contribution in [1.82, 2.24) is 15.1 Å². The molecule has 1 amide bonds. The molecular formula is C14H15N3O4. The third-order valence-corrected chi connectivity index (χ3v) is 2.68. The van der Waals surface area contributed by atoms with Gasteiger partial charge in [-0.1, -0.05) is 30.3 Å². The van der Waals surface area contributed by atoms with Gasteiger partial charge in [0.2, 0.25) is 0 Å². The van der Waals surface area contributed by atoms with Crippen LogP contribution in [0.25, 0.3) is 0 Å². The van der Waals surface area contributed by atoms with Gasteiger partial charge in [-0.15, -0.1) is 0 Å². The number of carbonyl (C=O) groups is 2. The maximum atomic E-state index is 11.5. The predicted molar refractivity (Wildman–Crippen MR) is 73.8 cm³/mol. The maximum Gasteiger partial charge on any atom is 0.407 e. The molecule has 0 saturated heterocycles. The van der Waals surface area contributed by atoms with Gasteiger partial charge in [0.15, 0.2) is 5.69 Å². The average molecular weight is 289 g/mol. The Morgan fingerprint density at radius 3 is 2.67 bits per heavy atom. The van der Waals surface area contributed by atoms with Crippen LogP contribution in [0.15, 0.2) is 42.6 Å². The number of benzene rings is 1. The number of carboxylic acids is 1. The fraction of sp³-hybridized carbons (Fsp3) is 0.214. The molecule has 110 valence electrons. The van der Waals surface area contributed by atoms with Crippen LogP contribution >= 0.6 is 0 Å². The molecule has 0 unspecified atom stereocenters. The van der Waals surface area contributed by atoms with Crippen LogP contribution < -0.4 is 5.32 Å². The number of aromatic nitrogens is 2. The van der Waals surface area contributed by atoms with Gasteiger partial charge >= 0.3 is 12.1 Å². The highest BCUT2D eigenvalue weighted by atomic mass is 16.5. The molecule has 1 aromatic carbocycles. The lowest BCUT2D eigenvalue weighted by Crippen LogP contribution is -2.28. The first-order valence-electron chi connectivity index (χ1n) is 6.36. The standard InChI is InChI=1S/C14H15N3O4/c18-13(19)12-6-8-17(16-12)9-7-15-14(20)21-10-11-4-2-1-3-5-11/h1-6,8H,7,9-10H2,(H,15,20)(H,18,19). The minimum atomic E-state index is -1.08. The van der Waals surface area contributed by atoms with Crippen molar-refractivity contribution in [3.05, 3.63) is 53.9 Å². The van der Waals surface area contributed by atoms with E-state index >= 15 is 0 Å². The van der Waals surface area contributed by atoms with E-state index in [0.29, 0.717) is 13.1 Å². The Morgan fingerprint density at radius 2 is 2.00 bits per heavy atom. The van der Waals surface area contributed by atoms with Crippen molar-refractivity contribution in [2.24, 2.45) is 0 Å². The van der Waals surface area contributed by atoms with Crippen molar-refractivity contribution < 1.29 is 19.4 Å². The van der Waals surface area contributed by atoms with Gasteiger partial charge in [-0.2, -0.15) is 5.10 Å². The van der Waals surface area contributed by atoms with Crippen LogP contribution in [0.5, 0.6) is 0 Å². The van der Waals surface area contributed by atoms with E-state index in [1.165, 1.54) is 10.7 Å². The van der Waals surface area contributed by atoms with E-state index in [1.54, 1.807) is 6.20 Å². The Balaban J connectivity index is 1.68. The van der Waals surface area contributed by atoms with Gasteiger partial charge < -0.3 is 15.2 Å². The molecule has 0 saturated carbocycles. The summed E-state index contributed by atoms with van der Waals surface area (Å²) in [5.41, 5.74) is 0.882. The van der Waals surface area contributed by atoms with Gasteiger partial charge in [0.1, 0.15) is 6.61 Å². The van der Waals surface area contributed by atoms with Crippen molar-refractivity contribution in [2.75, 3.05) is 6.54 Å². The topological polar surface area (TPSA) is 93.5 Å². The lowest BCUT2D eigenvalue weighted by molar-refractivity contribution is 0.0689. The summed E-state index contributed by atoms with van der Waals surface area (Å²) in [6, 6.07) is 10.8. The third kappa shape index (κ3) is 4.64. The quantitative estimate of drug-likeness (QED) is 0.840. The van der Waals surface area contributed by atoms with E-state index in [0.717, 1.165) is 5.56 Å². The Bertz CT molecular complexity index is 610. The van der Waals surface area contributed by atoms with Gasteiger partial charge in [-0.3, -0.25) is 4.68 Å². The number of ether oxygens (including phenoxy) is 1. The molecule has 2 aromatic rings. The van der Waals surface area contributed by atoms with E-state index in [-0.39, 0.29) is 12.3 Å². The molecule has 0 aliphatic rings. The Hall–Kier alpha value is -2.83. The number of carboxylic acid groups (broad SMARTS) is 1. The number of amides is 1. The monoisotopic (exact) mass is 289 g/mol. The molecule has 7 nitrogen and oxygen atoms in total. The summed E-state index contributed by atoms with van der Waals surface area (Å²) in [5.74, 6) is -1.08. The number of rotatable bonds is 6. The molecule has 0 bridgehead atoms. The highest BCUT2D eigenvalue weighted by Gasteiger charge is 2.07.